The fourth-order valence-corrected chi connectivity index (χ4v) is 20.2. The number of amides is 2. The third-order valence-corrected chi connectivity index (χ3v) is 30.2. The number of aliphatic hydroxyl groups is 3. The smallest absolute Gasteiger partial charge is 0.253 e. The lowest BCUT2D eigenvalue weighted by atomic mass is 9.84. The summed E-state index contributed by atoms with van der Waals surface area (Å²) in [5.41, 5.74) is 16.6. The van der Waals surface area contributed by atoms with Gasteiger partial charge in [0.05, 0.1) is 38.4 Å². The van der Waals surface area contributed by atoms with Crippen LogP contribution in [0.15, 0.2) is 238 Å². The van der Waals surface area contributed by atoms with E-state index in [1.165, 1.54) is 113 Å². The minimum atomic E-state index is -3.54. The number of hydrogen-bond donors (Lipinski definition) is 6. The van der Waals surface area contributed by atoms with E-state index in [1.807, 2.05) is 109 Å². The van der Waals surface area contributed by atoms with Gasteiger partial charge in [0.25, 0.3) is 11.8 Å². The van der Waals surface area contributed by atoms with Gasteiger partial charge in [-0.2, -0.15) is 8.61 Å². The molecule has 2 atom stereocenters. The van der Waals surface area contributed by atoms with Crippen LogP contribution in [0.5, 0.6) is 0 Å². The molecule has 0 spiro atoms. The van der Waals surface area contributed by atoms with Gasteiger partial charge in [-0.3, -0.25) is 9.59 Å². The third kappa shape index (κ3) is 40.1. The second-order valence-corrected chi connectivity index (χ2v) is 44.2. The van der Waals surface area contributed by atoms with E-state index in [0.29, 0.717) is 72.1 Å². The Bertz CT molecular complexity index is 5230. The van der Waals surface area contributed by atoms with Crippen LogP contribution in [-0.2, 0) is 46.6 Å². The summed E-state index contributed by atoms with van der Waals surface area (Å²) in [4.78, 5) is 30.9. The van der Waals surface area contributed by atoms with Crippen LogP contribution < -0.4 is 19.7 Å². The van der Waals surface area contributed by atoms with Crippen LogP contribution in [-0.4, -0.2) is 184 Å². The molecule has 5 fully saturated rings. The average molecular weight is 1870 g/mol. The molecule has 5 aliphatic rings. The number of aliphatic hydroxyl groups excluding tert-OH is 3. The number of hydrogen-bond acceptors (Lipinski definition) is 15. The van der Waals surface area contributed by atoms with Crippen molar-refractivity contribution in [1.82, 2.24) is 33.2 Å². The Labute approximate surface area is 787 Å². The number of rotatable bonds is 19. The first kappa shape index (κ1) is 111. The highest BCUT2D eigenvalue weighted by molar-refractivity contribution is 7.90. The number of aryl methyl sites for hydroxylation is 9. The van der Waals surface area contributed by atoms with Crippen molar-refractivity contribution in [2.45, 2.75) is 250 Å². The number of sulfonamides is 4. The molecule has 0 radical (unpaired) electrons. The highest BCUT2D eigenvalue weighted by Gasteiger charge is 2.31. The molecule has 131 heavy (non-hydrogen) atoms. The molecule has 2 unspecified atom stereocenters. The van der Waals surface area contributed by atoms with Gasteiger partial charge in [0, 0.05) is 95.4 Å². The third-order valence-electron chi connectivity index (χ3n) is 23.4. The number of carbonyl (C=O) groups is 2. The van der Waals surface area contributed by atoms with Gasteiger partial charge in [-0.1, -0.05) is 232 Å². The minimum Gasteiger partial charge on any atom is -0.395 e. The fraction of sp³-hybridized carbons (Fsp3) is 0.472. The van der Waals surface area contributed by atoms with Crippen molar-refractivity contribution in [1.29, 1.82) is 0 Å². The van der Waals surface area contributed by atoms with Crippen molar-refractivity contribution in [2.75, 3.05) is 91.6 Å². The molecular formula is C106H152N8O13S4. The predicted molar refractivity (Wildman–Crippen MR) is 536 cm³/mol. The van der Waals surface area contributed by atoms with Gasteiger partial charge in [-0.15, -0.1) is 0 Å². The van der Waals surface area contributed by atoms with E-state index in [-0.39, 0.29) is 47.3 Å². The Balaban J connectivity index is 0.000000228. The summed E-state index contributed by atoms with van der Waals surface area (Å²) in [6, 6.07) is 68.5. The summed E-state index contributed by atoms with van der Waals surface area (Å²) in [5, 5.41) is 30.6. The number of nitrogens with one attached hydrogen (secondary N) is 3. The van der Waals surface area contributed by atoms with Crippen molar-refractivity contribution < 1.29 is 58.6 Å². The number of likely N-dealkylation sites (tertiary alicyclic amines) is 1. The number of piperidine rings is 4. The molecule has 6 N–H and O–H groups in total. The molecular weight excluding hydrogens is 1720 g/mol. The number of nitrogens with zero attached hydrogens (tertiary/aromatic N) is 5. The average Bonchev–Trinajstić information content (AvgIpc) is 0.812. The van der Waals surface area contributed by atoms with Gasteiger partial charge < -0.3 is 35.3 Å². The lowest BCUT2D eigenvalue weighted by Gasteiger charge is -2.29. The molecule has 0 bridgehead atoms. The zero-order valence-corrected chi connectivity index (χ0v) is 84.3. The Morgan fingerprint density at radius 3 is 1.25 bits per heavy atom. The first-order chi connectivity index (χ1) is 62.0. The van der Waals surface area contributed by atoms with Gasteiger partial charge in [0.1, 0.15) is 0 Å². The van der Waals surface area contributed by atoms with Gasteiger partial charge >= 0.3 is 0 Å². The Kier molecular flexibility index (Phi) is 47.2. The molecule has 9 aromatic carbocycles. The van der Waals surface area contributed by atoms with Crippen LogP contribution in [0.1, 0.15) is 225 Å². The molecule has 4 saturated heterocycles. The first-order valence-electron chi connectivity index (χ1n) is 46.5. The van der Waals surface area contributed by atoms with E-state index in [4.69, 9.17) is 5.11 Å². The van der Waals surface area contributed by atoms with E-state index in [1.54, 1.807) is 110 Å². The highest BCUT2D eigenvalue weighted by atomic mass is 32.2. The van der Waals surface area contributed by atoms with Crippen molar-refractivity contribution in [2.24, 2.45) is 11.3 Å². The number of anilines is 1. The van der Waals surface area contributed by atoms with Crippen molar-refractivity contribution in [3.63, 3.8) is 0 Å². The summed E-state index contributed by atoms with van der Waals surface area (Å²) in [6.07, 6.45) is 17.1. The van der Waals surface area contributed by atoms with Gasteiger partial charge in [0.15, 0.2) is 0 Å². The topological polar surface area (TPSA) is 284 Å². The lowest BCUT2D eigenvalue weighted by Crippen LogP contribution is -2.42. The van der Waals surface area contributed by atoms with Crippen LogP contribution in [0.3, 0.4) is 0 Å². The van der Waals surface area contributed by atoms with Gasteiger partial charge in [-0.25, -0.2) is 43.1 Å². The van der Waals surface area contributed by atoms with Crippen LogP contribution in [0.2, 0.25) is 0 Å². The minimum absolute atomic E-state index is 0.0370. The second kappa shape index (κ2) is 55.8. The van der Waals surface area contributed by atoms with E-state index in [0.717, 1.165) is 78.2 Å². The maximum atomic E-state index is 12.3. The number of carbonyl (C=O) groups excluding carboxylic acids is 2. The van der Waals surface area contributed by atoms with E-state index < -0.39 is 52.2 Å². The SMILES string of the molecule is CNC(=O)c1ccc(C)cc1.Cc1ccc(C(=O)N2CCCCC2)cc1.Cc1ccc(C2CCCCC2)cc1.Cc1ccc(N2CCCCC2)cc1.Cc1ccc(S(=O)(=O)N2CCC(O)CC2)cc1.Cc1ccc(S(=O)(=O)N2CCCC(O)C2)cc1.Cc1ccc(S(=O)(=O)NC(CO)C(C)C)cc1.Cc1ccc(S(=O)(=O)NCCC(C)(C)C)cc1.Cc1ccccc1CN(C)C. The lowest BCUT2D eigenvalue weighted by molar-refractivity contribution is 0.0724. The highest BCUT2D eigenvalue weighted by Crippen LogP contribution is 2.33. The molecule has 9 aromatic rings. The largest absolute Gasteiger partial charge is 0.395 e. The van der Waals surface area contributed by atoms with E-state index in [9.17, 15) is 53.5 Å². The summed E-state index contributed by atoms with van der Waals surface area (Å²) in [5.74, 6) is 1.05. The quantitative estimate of drug-likeness (QED) is 0.0439. The van der Waals surface area contributed by atoms with E-state index in [2.05, 4.69) is 153 Å². The normalized spacial score (nSPS) is 16.1. The first-order valence-corrected chi connectivity index (χ1v) is 52.3. The summed E-state index contributed by atoms with van der Waals surface area (Å²) < 4.78 is 105. The Morgan fingerprint density at radius 2 is 0.832 bits per heavy atom. The molecule has 1 aliphatic carbocycles. The molecule has 718 valence electrons. The Morgan fingerprint density at radius 1 is 0.435 bits per heavy atom. The maximum absolute atomic E-state index is 12.3. The van der Waals surface area contributed by atoms with Crippen molar-refractivity contribution >= 4 is 57.6 Å². The summed E-state index contributed by atoms with van der Waals surface area (Å²) in [7, 11) is -7.90. The number of benzene rings is 9. The zero-order valence-electron chi connectivity index (χ0n) is 81.1. The predicted octanol–water partition coefficient (Wildman–Crippen LogP) is 19.3. The molecule has 0 aromatic heterocycles. The zero-order chi connectivity index (χ0) is 96.5. The molecule has 2 amide bonds. The molecule has 1 saturated carbocycles. The molecule has 25 heteroatoms. The summed E-state index contributed by atoms with van der Waals surface area (Å²) >= 11 is 0. The molecule has 21 nitrogen and oxygen atoms in total. The Hall–Kier alpha value is -8.80. The van der Waals surface area contributed by atoms with Gasteiger partial charge in [0.2, 0.25) is 40.1 Å². The van der Waals surface area contributed by atoms with Crippen LogP contribution in [0, 0.1) is 73.6 Å². The van der Waals surface area contributed by atoms with Crippen LogP contribution in [0.4, 0.5) is 5.69 Å². The maximum Gasteiger partial charge on any atom is 0.253 e. The van der Waals surface area contributed by atoms with Crippen molar-refractivity contribution in [3.05, 3.63) is 291 Å². The monoisotopic (exact) mass is 1870 g/mol. The molecule has 4 aliphatic heterocycles. The standard InChI is InChI=1S/C13H21NO2S.C13H17NO.C13H18.2C12H17NO3S.C12H19NO3S.C12H17N.C10H15N.C9H11NO/c1-11-5-7-12(8-6-11)17(15,16)14-10-9-13(2,3)4;1-11-5-7-12(8-6-11)13(15)14-9-3-2-4-10-14;1-11-7-9-13(10-8-11)12-5-3-2-4-6-12;1-10-2-4-12(5-3-10)17(15,16)13-8-6-11(14)7-9-13;1-10-4-6-12(7-5-10)17(15,16)13-8-2-3-11(14)9-13;1-9(2)12(8-14)13-17(15,16)11-6-4-10(3)5-7-11;1-11-5-7-12(8-6-11)13-9-3-2-4-10-13;1-9-6-4-5-7-10(9)8-11(2)3;1-7-3-5-8(6-4-7)9(11)10-2/h5-8,14H,9-10H2,1-4H3;5-8H,2-4,9-10H2,1H3;7-10,12H,2-6H2,1H3;2-5,11,14H,6-9H2,1H3;4-7,11,14H,2-3,8-9H2,1H3;4-7,9,12-14H,8H2,1-3H3;5-8H,2-4,9-10H2,1H3;4-7H,8H2,1-3H3;3-6H,1-2H3,(H,10,11). The second-order valence-electron chi connectivity index (χ2n) is 36.9. The van der Waals surface area contributed by atoms with Crippen LogP contribution >= 0.6 is 0 Å². The fourth-order valence-electron chi connectivity index (χ4n) is 14.8. The summed E-state index contributed by atoms with van der Waals surface area (Å²) in [6.45, 7) is 35.3. The van der Waals surface area contributed by atoms with Gasteiger partial charge in [-0.05, 0) is 279 Å². The van der Waals surface area contributed by atoms with Crippen LogP contribution in [0.25, 0.3) is 0 Å². The number of β-amino-alcohol motifs (C(OH)–C–C–N with tert-alkyl or cyclic N) is 1. The molecule has 14 rings (SSSR count). The van der Waals surface area contributed by atoms with Crippen molar-refractivity contribution in [3.8, 4) is 0 Å². The van der Waals surface area contributed by atoms with E-state index >= 15 is 0 Å². The molecule has 4 heterocycles.